The van der Waals surface area contributed by atoms with Gasteiger partial charge in [0.25, 0.3) is 0 Å². The van der Waals surface area contributed by atoms with Gasteiger partial charge in [-0.15, -0.1) is 0 Å². The predicted molar refractivity (Wildman–Crippen MR) is 36.3 cm³/mol. The van der Waals surface area contributed by atoms with Gasteiger partial charge in [-0.05, 0) is 26.4 Å². The molecule has 0 rings (SSSR count). The van der Waals surface area contributed by atoms with Gasteiger partial charge in [0.15, 0.2) is 0 Å². The Balaban J connectivity index is 2.88. The molecule has 0 aliphatic heterocycles. The molecule has 3 N–H and O–H groups in total. The molecule has 0 saturated carbocycles. The molecule has 0 aromatic rings. The molecule has 0 aliphatic rings. The van der Waals surface area contributed by atoms with Gasteiger partial charge in [0.1, 0.15) is 0 Å². The third-order valence-corrected chi connectivity index (χ3v) is 1.17. The highest BCUT2D eigenvalue weighted by Gasteiger charge is 1.98. The Bertz CT molecular complexity index is 59.0. The summed E-state index contributed by atoms with van der Waals surface area (Å²) < 4.78 is 0. The van der Waals surface area contributed by atoms with Crippen molar-refractivity contribution in [1.82, 2.24) is 5.32 Å². The maximum atomic E-state index is 8.81. The van der Waals surface area contributed by atoms with E-state index in [9.17, 15) is 0 Å². The molecule has 3 nitrogen and oxygen atoms in total. The third-order valence-electron chi connectivity index (χ3n) is 1.17. The summed E-state index contributed by atoms with van der Waals surface area (Å²) in [6.45, 7) is 0.779. The van der Waals surface area contributed by atoms with Crippen LogP contribution in [0.4, 0.5) is 0 Å². The highest BCUT2D eigenvalue weighted by Crippen LogP contribution is 1.93. The van der Waals surface area contributed by atoms with E-state index in [4.69, 9.17) is 10.2 Å². The van der Waals surface area contributed by atoms with Gasteiger partial charge in [-0.3, -0.25) is 0 Å². The van der Waals surface area contributed by atoms with Gasteiger partial charge in [0, 0.05) is 0 Å². The molecule has 0 aromatic carbocycles. The zero-order valence-corrected chi connectivity index (χ0v) is 5.80. The quantitative estimate of drug-likeness (QED) is 0.436. The fourth-order valence-corrected chi connectivity index (χ4v) is 0.606. The lowest BCUT2D eigenvalue weighted by atomic mass is 10.2. The largest absolute Gasteiger partial charge is 0.394 e. The summed E-state index contributed by atoms with van der Waals surface area (Å²) in [5.74, 6) is 0. The summed E-state index contributed by atoms with van der Waals surface area (Å²) in [4.78, 5) is 0. The van der Waals surface area contributed by atoms with Crippen molar-refractivity contribution in [3.63, 3.8) is 0 Å². The van der Waals surface area contributed by atoms with Crippen molar-refractivity contribution >= 4 is 0 Å². The van der Waals surface area contributed by atoms with Crippen LogP contribution in [0.25, 0.3) is 0 Å². The SMILES string of the molecule is CNCCC[C@H](O)CO. The number of aliphatic hydroxyl groups excluding tert-OH is 2. The van der Waals surface area contributed by atoms with Crippen LogP contribution in [0.1, 0.15) is 12.8 Å². The van der Waals surface area contributed by atoms with Gasteiger partial charge in [-0.25, -0.2) is 0 Å². The summed E-state index contributed by atoms with van der Waals surface area (Å²) >= 11 is 0. The zero-order chi connectivity index (χ0) is 7.11. The van der Waals surface area contributed by atoms with Gasteiger partial charge < -0.3 is 15.5 Å². The lowest BCUT2D eigenvalue weighted by Gasteiger charge is -2.04. The average Bonchev–Trinajstić information content (AvgIpc) is 1.89. The summed E-state index contributed by atoms with van der Waals surface area (Å²) in [6, 6.07) is 0. The first-order chi connectivity index (χ1) is 4.31. The predicted octanol–water partition coefficient (Wildman–Crippen LogP) is -0.661. The fourth-order valence-electron chi connectivity index (χ4n) is 0.606. The van der Waals surface area contributed by atoms with Crippen molar-refractivity contribution in [2.45, 2.75) is 18.9 Å². The van der Waals surface area contributed by atoms with Crippen molar-refractivity contribution in [1.29, 1.82) is 0 Å². The second-order valence-electron chi connectivity index (χ2n) is 2.08. The Kier molecular flexibility index (Phi) is 5.93. The van der Waals surface area contributed by atoms with Crippen LogP contribution in [0.5, 0.6) is 0 Å². The first-order valence-corrected chi connectivity index (χ1v) is 3.24. The monoisotopic (exact) mass is 133 g/mol. The molecule has 9 heavy (non-hydrogen) atoms. The molecule has 0 fully saturated rings. The lowest BCUT2D eigenvalue weighted by Crippen LogP contribution is -2.15. The van der Waals surface area contributed by atoms with E-state index in [0.717, 1.165) is 13.0 Å². The van der Waals surface area contributed by atoms with Gasteiger partial charge in [-0.1, -0.05) is 0 Å². The lowest BCUT2D eigenvalue weighted by molar-refractivity contribution is 0.0867. The molecule has 0 radical (unpaired) electrons. The van der Waals surface area contributed by atoms with Crippen LogP contribution >= 0.6 is 0 Å². The van der Waals surface area contributed by atoms with Gasteiger partial charge in [0.2, 0.25) is 0 Å². The van der Waals surface area contributed by atoms with Crippen LogP contribution in [0.2, 0.25) is 0 Å². The molecule has 0 unspecified atom stereocenters. The summed E-state index contributed by atoms with van der Waals surface area (Å²) in [5, 5.41) is 20.1. The molecular formula is C6H15NO2. The minimum absolute atomic E-state index is 0.121. The van der Waals surface area contributed by atoms with Crippen LogP contribution in [-0.4, -0.2) is 36.5 Å². The Labute approximate surface area is 55.7 Å². The van der Waals surface area contributed by atoms with E-state index in [1.54, 1.807) is 0 Å². The number of nitrogens with one attached hydrogen (secondary N) is 1. The minimum Gasteiger partial charge on any atom is -0.394 e. The third kappa shape index (κ3) is 5.76. The molecular weight excluding hydrogens is 118 g/mol. The first-order valence-electron chi connectivity index (χ1n) is 3.24. The second-order valence-corrected chi connectivity index (χ2v) is 2.08. The van der Waals surface area contributed by atoms with Crippen molar-refractivity contribution in [3.05, 3.63) is 0 Å². The molecule has 1 atom stereocenters. The highest BCUT2D eigenvalue weighted by atomic mass is 16.3. The van der Waals surface area contributed by atoms with E-state index in [2.05, 4.69) is 5.32 Å². The molecule has 0 bridgehead atoms. The van der Waals surface area contributed by atoms with Gasteiger partial charge in [0.05, 0.1) is 12.7 Å². The first kappa shape index (κ1) is 8.88. The van der Waals surface area contributed by atoms with Crippen LogP contribution in [0.3, 0.4) is 0 Å². The Morgan fingerprint density at radius 2 is 2.22 bits per heavy atom. The number of hydrogen-bond donors (Lipinski definition) is 3. The van der Waals surface area contributed by atoms with E-state index in [-0.39, 0.29) is 6.61 Å². The zero-order valence-electron chi connectivity index (χ0n) is 5.80. The summed E-state index contributed by atoms with van der Waals surface area (Å²) in [6.07, 6.45) is 1.06. The molecule has 0 aromatic heterocycles. The standard InChI is InChI=1S/C6H15NO2/c1-7-4-2-3-6(9)5-8/h6-9H,2-5H2,1H3/t6-/m0/s1. The van der Waals surface area contributed by atoms with Crippen molar-refractivity contribution < 1.29 is 10.2 Å². The van der Waals surface area contributed by atoms with E-state index >= 15 is 0 Å². The molecule has 0 aliphatic carbocycles. The van der Waals surface area contributed by atoms with Gasteiger partial charge in [-0.2, -0.15) is 0 Å². The summed E-state index contributed by atoms with van der Waals surface area (Å²) in [5.41, 5.74) is 0. The number of hydrogen-bond acceptors (Lipinski definition) is 3. The molecule has 0 saturated heterocycles. The summed E-state index contributed by atoms with van der Waals surface area (Å²) in [7, 11) is 1.87. The van der Waals surface area contributed by atoms with E-state index in [1.165, 1.54) is 0 Å². The van der Waals surface area contributed by atoms with E-state index < -0.39 is 6.10 Å². The second kappa shape index (κ2) is 6.01. The van der Waals surface area contributed by atoms with Crippen molar-refractivity contribution in [2.24, 2.45) is 0 Å². The topological polar surface area (TPSA) is 52.5 Å². The smallest absolute Gasteiger partial charge is 0.0771 e. The molecule has 3 heteroatoms. The van der Waals surface area contributed by atoms with Crippen LogP contribution in [-0.2, 0) is 0 Å². The Hall–Kier alpha value is -0.120. The van der Waals surface area contributed by atoms with Crippen LogP contribution < -0.4 is 5.32 Å². The van der Waals surface area contributed by atoms with Crippen molar-refractivity contribution in [2.75, 3.05) is 20.2 Å². The maximum Gasteiger partial charge on any atom is 0.0771 e. The Morgan fingerprint density at radius 3 is 2.67 bits per heavy atom. The van der Waals surface area contributed by atoms with Crippen molar-refractivity contribution in [3.8, 4) is 0 Å². The normalized spacial score (nSPS) is 13.7. The fraction of sp³-hybridized carbons (Fsp3) is 1.00. The number of rotatable bonds is 5. The van der Waals surface area contributed by atoms with Crippen LogP contribution in [0, 0.1) is 0 Å². The molecule has 56 valence electrons. The average molecular weight is 133 g/mol. The molecule has 0 amide bonds. The van der Waals surface area contributed by atoms with E-state index in [0.29, 0.717) is 6.42 Å². The minimum atomic E-state index is -0.529. The number of aliphatic hydroxyl groups is 2. The highest BCUT2D eigenvalue weighted by molar-refractivity contribution is 4.52. The van der Waals surface area contributed by atoms with Crippen LogP contribution in [0.15, 0.2) is 0 Å². The Morgan fingerprint density at radius 1 is 1.56 bits per heavy atom. The maximum absolute atomic E-state index is 8.81. The molecule has 0 heterocycles. The van der Waals surface area contributed by atoms with Gasteiger partial charge >= 0.3 is 0 Å². The van der Waals surface area contributed by atoms with E-state index in [1.807, 2.05) is 7.05 Å². The molecule has 0 spiro atoms.